The van der Waals surface area contributed by atoms with E-state index in [-0.39, 0.29) is 0 Å². The van der Waals surface area contributed by atoms with Crippen LogP contribution in [0.1, 0.15) is 16.1 Å². The van der Waals surface area contributed by atoms with Crippen LogP contribution in [-0.2, 0) is 6.54 Å². The molecular weight excluding hydrogens is 284 g/mol. The summed E-state index contributed by atoms with van der Waals surface area (Å²) < 4.78 is 2.00. The minimum atomic E-state index is -0.401. The highest BCUT2D eigenvalue weighted by molar-refractivity contribution is 5.98. The maximum absolute atomic E-state index is 11.8. The second-order valence-electron chi connectivity index (χ2n) is 5.68. The van der Waals surface area contributed by atoms with E-state index < -0.39 is 5.91 Å². The number of rotatable bonds is 3. The lowest BCUT2D eigenvalue weighted by Gasteiger charge is -2.11. The zero-order chi connectivity index (χ0) is 15.8. The normalized spacial score (nSPS) is 11.1. The van der Waals surface area contributed by atoms with E-state index in [0.29, 0.717) is 12.2 Å². The fraction of sp³-hybridized carbons (Fsp3) is 0.0500. The quantitative estimate of drug-likeness (QED) is 0.612. The molecule has 0 unspecified atom stereocenters. The molecule has 0 bridgehead atoms. The molecule has 0 saturated heterocycles. The summed E-state index contributed by atoms with van der Waals surface area (Å²) in [6, 6.07) is 24.4. The van der Waals surface area contributed by atoms with E-state index in [1.54, 1.807) is 0 Å². The zero-order valence-corrected chi connectivity index (χ0v) is 12.6. The number of para-hydroxylation sites is 1. The van der Waals surface area contributed by atoms with Crippen molar-refractivity contribution >= 4 is 27.6 Å². The van der Waals surface area contributed by atoms with Gasteiger partial charge < -0.3 is 10.3 Å². The predicted molar refractivity (Wildman–Crippen MR) is 93.5 cm³/mol. The Morgan fingerprint density at radius 1 is 0.870 bits per heavy atom. The Kier molecular flexibility index (Phi) is 3.12. The third-order valence-corrected chi connectivity index (χ3v) is 4.27. The molecule has 0 aliphatic heterocycles. The van der Waals surface area contributed by atoms with E-state index in [1.165, 1.54) is 16.3 Å². The van der Waals surface area contributed by atoms with Gasteiger partial charge in [-0.2, -0.15) is 0 Å². The van der Waals surface area contributed by atoms with Crippen LogP contribution in [0.3, 0.4) is 0 Å². The first-order chi connectivity index (χ1) is 11.2. The molecular formula is C20H16N2O. The molecule has 0 aliphatic rings. The first-order valence-corrected chi connectivity index (χ1v) is 7.59. The van der Waals surface area contributed by atoms with Crippen LogP contribution in [0.5, 0.6) is 0 Å². The van der Waals surface area contributed by atoms with Crippen LogP contribution in [0.15, 0.2) is 72.8 Å². The van der Waals surface area contributed by atoms with Crippen LogP contribution in [0.2, 0.25) is 0 Å². The smallest absolute Gasteiger partial charge is 0.265 e. The van der Waals surface area contributed by atoms with Gasteiger partial charge in [0, 0.05) is 17.4 Å². The van der Waals surface area contributed by atoms with E-state index in [9.17, 15) is 4.79 Å². The summed E-state index contributed by atoms with van der Waals surface area (Å²) in [6.07, 6.45) is 0. The summed E-state index contributed by atoms with van der Waals surface area (Å²) in [7, 11) is 0. The summed E-state index contributed by atoms with van der Waals surface area (Å²) in [6.45, 7) is 0.618. The lowest BCUT2D eigenvalue weighted by molar-refractivity contribution is 0.0992. The number of amides is 1. The topological polar surface area (TPSA) is 48.0 Å². The van der Waals surface area contributed by atoms with Crippen molar-refractivity contribution in [2.45, 2.75) is 6.54 Å². The highest BCUT2D eigenvalue weighted by atomic mass is 16.1. The number of carbonyl (C=O) groups is 1. The number of fused-ring (bicyclic) bond motifs is 2. The molecule has 0 aliphatic carbocycles. The average Bonchev–Trinajstić information content (AvgIpc) is 2.94. The van der Waals surface area contributed by atoms with Gasteiger partial charge in [-0.1, -0.05) is 60.7 Å². The number of nitrogens with two attached hydrogens (primary N) is 1. The number of nitrogens with zero attached hydrogens (tertiary/aromatic N) is 1. The molecule has 1 amide bonds. The average molecular weight is 300 g/mol. The Bertz CT molecular complexity index is 1020. The molecule has 3 aromatic carbocycles. The van der Waals surface area contributed by atoms with Crippen molar-refractivity contribution in [2.75, 3.05) is 0 Å². The van der Waals surface area contributed by atoms with E-state index in [0.717, 1.165) is 10.9 Å². The van der Waals surface area contributed by atoms with Gasteiger partial charge in [-0.15, -0.1) is 0 Å². The molecule has 3 heteroatoms. The maximum Gasteiger partial charge on any atom is 0.265 e. The highest BCUT2D eigenvalue weighted by Crippen LogP contribution is 2.24. The molecule has 4 aromatic rings. The van der Waals surface area contributed by atoms with Crippen molar-refractivity contribution in [1.29, 1.82) is 0 Å². The molecule has 4 rings (SSSR count). The molecule has 3 nitrogen and oxygen atoms in total. The van der Waals surface area contributed by atoms with Gasteiger partial charge in [0.2, 0.25) is 0 Å². The van der Waals surface area contributed by atoms with Crippen LogP contribution in [-0.4, -0.2) is 10.5 Å². The SMILES string of the molecule is NC(=O)c1cc2ccccc2n1Cc1cccc2ccccc12. The summed E-state index contributed by atoms with van der Waals surface area (Å²) in [5.41, 5.74) is 8.32. The van der Waals surface area contributed by atoms with Crippen LogP contribution >= 0.6 is 0 Å². The van der Waals surface area contributed by atoms with Crippen molar-refractivity contribution in [3.63, 3.8) is 0 Å². The Hall–Kier alpha value is -3.07. The molecule has 0 fully saturated rings. The van der Waals surface area contributed by atoms with E-state index >= 15 is 0 Å². The Balaban J connectivity index is 1.92. The molecule has 0 saturated carbocycles. The third kappa shape index (κ3) is 2.27. The van der Waals surface area contributed by atoms with E-state index in [2.05, 4.69) is 24.3 Å². The van der Waals surface area contributed by atoms with Crippen molar-refractivity contribution in [1.82, 2.24) is 4.57 Å². The van der Waals surface area contributed by atoms with Crippen LogP contribution < -0.4 is 5.73 Å². The molecule has 0 radical (unpaired) electrons. The summed E-state index contributed by atoms with van der Waals surface area (Å²) in [5, 5.41) is 3.42. The van der Waals surface area contributed by atoms with Gasteiger partial charge in [-0.3, -0.25) is 4.79 Å². The summed E-state index contributed by atoms with van der Waals surface area (Å²) >= 11 is 0. The van der Waals surface area contributed by atoms with Gasteiger partial charge in [0.1, 0.15) is 5.69 Å². The minimum Gasteiger partial charge on any atom is -0.364 e. The zero-order valence-electron chi connectivity index (χ0n) is 12.6. The predicted octanol–water partition coefficient (Wildman–Crippen LogP) is 3.94. The molecule has 2 N–H and O–H groups in total. The van der Waals surface area contributed by atoms with Gasteiger partial charge in [0.05, 0.1) is 0 Å². The van der Waals surface area contributed by atoms with Crippen molar-refractivity contribution in [3.8, 4) is 0 Å². The fourth-order valence-corrected chi connectivity index (χ4v) is 3.19. The van der Waals surface area contributed by atoms with Crippen molar-refractivity contribution < 1.29 is 4.79 Å². The molecule has 1 aromatic heterocycles. The number of aromatic nitrogens is 1. The molecule has 0 spiro atoms. The fourth-order valence-electron chi connectivity index (χ4n) is 3.19. The number of hydrogen-bond acceptors (Lipinski definition) is 1. The number of benzene rings is 3. The van der Waals surface area contributed by atoms with Gasteiger partial charge >= 0.3 is 0 Å². The third-order valence-electron chi connectivity index (χ3n) is 4.27. The molecule has 112 valence electrons. The Morgan fingerprint density at radius 3 is 2.39 bits per heavy atom. The van der Waals surface area contributed by atoms with Gasteiger partial charge in [0.25, 0.3) is 5.91 Å². The van der Waals surface area contributed by atoms with E-state index in [1.807, 2.05) is 53.1 Å². The van der Waals surface area contributed by atoms with Crippen LogP contribution in [0.4, 0.5) is 0 Å². The summed E-state index contributed by atoms with van der Waals surface area (Å²) in [5.74, 6) is -0.401. The second-order valence-corrected chi connectivity index (χ2v) is 5.68. The standard InChI is InChI=1S/C20H16N2O/c21-20(23)19-12-15-7-2-4-11-18(15)22(19)13-16-9-5-8-14-6-1-3-10-17(14)16/h1-12H,13H2,(H2,21,23). The highest BCUT2D eigenvalue weighted by Gasteiger charge is 2.13. The van der Waals surface area contributed by atoms with Gasteiger partial charge in [0.15, 0.2) is 0 Å². The minimum absolute atomic E-state index is 0.401. The Labute approximate surface area is 134 Å². The lowest BCUT2D eigenvalue weighted by Crippen LogP contribution is -2.17. The van der Waals surface area contributed by atoms with Gasteiger partial charge in [-0.25, -0.2) is 0 Å². The lowest BCUT2D eigenvalue weighted by atomic mass is 10.0. The summed E-state index contributed by atoms with van der Waals surface area (Å²) in [4.78, 5) is 11.8. The first-order valence-electron chi connectivity index (χ1n) is 7.59. The number of hydrogen-bond donors (Lipinski definition) is 1. The maximum atomic E-state index is 11.8. The molecule has 1 heterocycles. The van der Waals surface area contributed by atoms with Gasteiger partial charge in [-0.05, 0) is 28.5 Å². The van der Waals surface area contributed by atoms with Crippen LogP contribution in [0.25, 0.3) is 21.7 Å². The second kappa shape index (κ2) is 5.29. The molecule has 23 heavy (non-hydrogen) atoms. The largest absolute Gasteiger partial charge is 0.364 e. The van der Waals surface area contributed by atoms with Crippen molar-refractivity contribution in [3.05, 3.63) is 84.1 Å². The van der Waals surface area contributed by atoms with Crippen LogP contribution in [0, 0.1) is 0 Å². The Morgan fingerprint density at radius 2 is 1.57 bits per heavy atom. The van der Waals surface area contributed by atoms with E-state index in [4.69, 9.17) is 5.73 Å². The first kappa shape index (κ1) is 13.6. The number of primary amides is 1. The monoisotopic (exact) mass is 300 g/mol. The molecule has 0 atom stereocenters. The number of carbonyl (C=O) groups excluding carboxylic acids is 1. The van der Waals surface area contributed by atoms with Crippen molar-refractivity contribution in [2.24, 2.45) is 5.73 Å².